The van der Waals surface area contributed by atoms with E-state index in [0.29, 0.717) is 6.54 Å². The molecule has 0 amide bonds. The maximum Gasteiger partial charge on any atom is 0.307 e. The first-order valence-electron chi connectivity index (χ1n) is 6.26. The molecule has 18 heavy (non-hydrogen) atoms. The van der Waals surface area contributed by atoms with Gasteiger partial charge < -0.3 is 5.11 Å². The third-order valence-electron chi connectivity index (χ3n) is 3.48. The molecule has 1 heterocycles. The number of halogens is 1. The van der Waals surface area contributed by atoms with Gasteiger partial charge in [0, 0.05) is 18.1 Å². The number of hydrogen-bond acceptors (Lipinski definition) is 2. The predicted octanol–water partition coefficient (Wildman–Crippen LogP) is 2.95. The zero-order chi connectivity index (χ0) is 13.1. The number of likely N-dealkylation sites (tertiary alicyclic amines) is 1. The number of nitrogens with zero attached hydrogens (tertiary/aromatic N) is 1. The summed E-state index contributed by atoms with van der Waals surface area (Å²) >= 11 is 6.00. The summed E-state index contributed by atoms with van der Waals surface area (Å²) in [5.74, 6) is -0.890. The first-order valence-corrected chi connectivity index (χ1v) is 6.64. The molecule has 4 heteroatoms. The molecule has 1 N–H and O–H groups in total. The standard InChI is InChI=1S/C14H18ClNO2/c1-10-7-11(4-5-13(10)15)8-16-6-2-3-12(9-16)14(17)18/h4-5,7,12H,2-3,6,8-9H2,1H3,(H,17,18)/t12-/m1/s1. The van der Waals surface area contributed by atoms with Crippen LogP contribution in [0.15, 0.2) is 18.2 Å². The summed E-state index contributed by atoms with van der Waals surface area (Å²) in [5, 5.41) is 9.84. The van der Waals surface area contributed by atoms with Gasteiger partial charge in [0.05, 0.1) is 5.92 Å². The maximum absolute atomic E-state index is 11.0. The number of rotatable bonds is 3. The Morgan fingerprint density at radius 2 is 2.33 bits per heavy atom. The topological polar surface area (TPSA) is 40.5 Å². The van der Waals surface area contributed by atoms with E-state index in [9.17, 15) is 4.79 Å². The van der Waals surface area contributed by atoms with Crippen LogP contribution in [0, 0.1) is 12.8 Å². The molecule has 1 aromatic carbocycles. The Bertz CT molecular complexity index is 447. The van der Waals surface area contributed by atoms with E-state index >= 15 is 0 Å². The summed E-state index contributed by atoms with van der Waals surface area (Å²) < 4.78 is 0. The summed E-state index contributed by atoms with van der Waals surface area (Å²) in [7, 11) is 0. The Hall–Kier alpha value is -1.06. The number of carbonyl (C=O) groups is 1. The molecule has 1 aliphatic heterocycles. The van der Waals surface area contributed by atoms with Crippen LogP contribution in [0.3, 0.4) is 0 Å². The Morgan fingerprint density at radius 3 is 3.00 bits per heavy atom. The van der Waals surface area contributed by atoms with Crippen molar-refractivity contribution < 1.29 is 9.90 Å². The molecule has 0 bridgehead atoms. The lowest BCUT2D eigenvalue weighted by Gasteiger charge is -2.30. The van der Waals surface area contributed by atoms with Crippen molar-refractivity contribution in [2.24, 2.45) is 5.92 Å². The van der Waals surface area contributed by atoms with E-state index < -0.39 is 5.97 Å². The molecular weight excluding hydrogens is 250 g/mol. The lowest BCUT2D eigenvalue weighted by Crippen LogP contribution is -2.38. The second-order valence-corrected chi connectivity index (χ2v) is 5.40. The van der Waals surface area contributed by atoms with Gasteiger partial charge >= 0.3 is 5.97 Å². The molecular formula is C14H18ClNO2. The largest absolute Gasteiger partial charge is 0.481 e. The van der Waals surface area contributed by atoms with Crippen LogP contribution in [0.2, 0.25) is 5.02 Å². The molecule has 1 aliphatic rings. The Labute approximate surface area is 112 Å². The lowest BCUT2D eigenvalue weighted by atomic mass is 9.98. The fraction of sp³-hybridized carbons (Fsp3) is 0.500. The lowest BCUT2D eigenvalue weighted by molar-refractivity contribution is -0.143. The predicted molar refractivity (Wildman–Crippen MR) is 71.8 cm³/mol. The van der Waals surface area contributed by atoms with Crippen molar-refractivity contribution in [3.8, 4) is 0 Å². The molecule has 0 radical (unpaired) electrons. The Morgan fingerprint density at radius 1 is 1.56 bits per heavy atom. The minimum absolute atomic E-state index is 0.216. The van der Waals surface area contributed by atoms with Crippen LogP contribution in [-0.4, -0.2) is 29.1 Å². The van der Waals surface area contributed by atoms with Crippen LogP contribution in [0.1, 0.15) is 24.0 Å². The van der Waals surface area contributed by atoms with Crippen LogP contribution in [0.4, 0.5) is 0 Å². The van der Waals surface area contributed by atoms with Gasteiger partial charge in [0.2, 0.25) is 0 Å². The number of aliphatic carboxylic acids is 1. The number of aryl methyl sites for hydroxylation is 1. The first kappa shape index (κ1) is 13.4. The third-order valence-corrected chi connectivity index (χ3v) is 3.91. The summed E-state index contributed by atoms with van der Waals surface area (Å²) in [6.45, 7) is 4.42. The fourth-order valence-electron chi connectivity index (χ4n) is 2.46. The average molecular weight is 268 g/mol. The van der Waals surface area contributed by atoms with E-state index in [-0.39, 0.29) is 5.92 Å². The van der Waals surface area contributed by atoms with Gasteiger partial charge in [-0.05, 0) is 43.5 Å². The van der Waals surface area contributed by atoms with Crippen molar-refractivity contribution in [3.63, 3.8) is 0 Å². The minimum Gasteiger partial charge on any atom is -0.481 e. The quantitative estimate of drug-likeness (QED) is 0.915. The van der Waals surface area contributed by atoms with Crippen LogP contribution in [0.25, 0.3) is 0 Å². The van der Waals surface area contributed by atoms with Crippen LogP contribution in [-0.2, 0) is 11.3 Å². The molecule has 0 saturated carbocycles. The normalized spacial score (nSPS) is 20.9. The highest BCUT2D eigenvalue weighted by Gasteiger charge is 2.25. The highest BCUT2D eigenvalue weighted by Crippen LogP contribution is 2.21. The number of hydrogen-bond donors (Lipinski definition) is 1. The van der Waals surface area contributed by atoms with Crippen molar-refractivity contribution in [1.29, 1.82) is 0 Å². The van der Waals surface area contributed by atoms with Crippen molar-refractivity contribution in [1.82, 2.24) is 4.90 Å². The van der Waals surface area contributed by atoms with Gasteiger partial charge in [-0.1, -0.05) is 23.7 Å². The van der Waals surface area contributed by atoms with Crippen LogP contribution < -0.4 is 0 Å². The van der Waals surface area contributed by atoms with Gasteiger partial charge in [0.15, 0.2) is 0 Å². The monoisotopic (exact) mass is 267 g/mol. The number of carboxylic acids is 1. The Balaban J connectivity index is 2.00. The van der Waals surface area contributed by atoms with E-state index in [1.165, 1.54) is 5.56 Å². The molecule has 0 spiro atoms. The maximum atomic E-state index is 11.0. The van der Waals surface area contributed by atoms with Crippen molar-refractivity contribution >= 4 is 17.6 Å². The molecule has 1 aromatic rings. The van der Waals surface area contributed by atoms with E-state index in [4.69, 9.17) is 16.7 Å². The second kappa shape index (κ2) is 5.72. The molecule has 98 valence electrons. The van der Waals surface area contributed by atoms with Crippen LogP contribution in [0.5, 0.6) is 0 Å². The SMILES string of the molecule is Cc1cc(CN2CCC[C@@H](C(=O)O)C2)ccc1Cl. The number of carboxylic acid groups (broad SMARTS) is 1. The van der Waals surface area contributed by atoms with E-state index in [1.807, 2.05) is 19.1 Å². The van der Waals surface area contributed by atoms with Crippen molar-refractivity contribution in [3.05, 3.63) is 34.3 Å². The van der Waals surface area contributed by atoms with E-state index in [1.54, 1.807) is 0 Å². The van der Waals surface area contributed by atoms with Crippen molar-refractivity contribution in [2.75, 3.05) is 13.1 Å². The smallest absolute Gasteiger partial charge is 0.307 e. The van der Waals surface area contributed by atoms with Gasteiger partial charge in [-0.15, -0.1) is 0 Å². The summed E-state index contributed by atoms with van der Waals surface area (Å²) in [4.78, 5) is 13.2. The first-order chi connectivity index (χ1) is 8.56. The zero-order valence-corrected chi connectivity index (χ0v) is 11.3. The summed E-state index contributed by atoms with van der Waals surface area (Å²) in [6, 6.07) is 6.00. The molecule has 0 unspecified atom stereocenters. The molecule has 3 nitrogen and oxygen atoms in total. The van der Waals surface area contributed by atoms with Crippen molar-refractivity contribution in [2.45, 2.75) is 26.3 Å². The number of piperidine rings is 1. The Kier molecular flexibility index (Phi) is 4.25. The number of benzene rings is 1. The fourth-order valence-corrected chi connectivity index (χ4v) is 2.58. The molecule has 2 rings (SSSR count). The highest BCUT2D eigenvalue weighted by atomic mass is 35.5. The second-order valence-electron chi connectivity index (χ2n) is 5.00. The summed E-state index contributed by atoms with van der Waals surface area (Å²) in [6.07, 6.45) is 1.76. The van der Waals surface area contributed by atoms with Gasteiger partial charge in [-0.25, -0.2) is 0 Å². The zero-order valence-electron chi connectivity index (χ0n) is 10.5. The minimum atomic E-state index is -0.674. The molecule has 0 aromatic heterocycles. The van der Waals surface area contributed by atoms with Gasteiger partial charge in [-0.3, -0.25) is 9.69 Å². The van der Waals surface area contributed by atoms with E-state index in [0.717, 1.165) is 36.5 Å². The average Bonchev–Trinajstić information content (AvgIpc) is 2.34. The van der Waals surface area contributed by atoms with E-state index in [2.05, 4.69) is 11.0 Å². The summed E-state index contributed by atoms with van der Waals surface area (Å²) in [5.41, 5.74) is 2.27. The van der Waals surface area contributed by atoms with Gasteiger partial charge in [-0.2, -0.15) is 0 Å². The third kappa shape index (κ3) is 3.24. The highest BCUT2D eigenvalue weighted by molar-refractivity contribution is 6.31. The van der Waals surface area contributed by atoms with Gasteiger partial charge in [0.1, 0.15) is 0 Å². The van der Waals surface area contributed by atoms with Gasteiger partial charge in [0.25, 0.3) is 0 Å². The molecule has 1 atom stereocenters. The molecule has 0 aliphatic carbocycles. The molecule has 1 fully saturated rings. The van der Waals surface area contributed by atoms with Crippen LogP contribution >= 0.6 is 11.6 Å². The molecule has 1 saturated heterocycles.